The van der Waals surface area contributed by atoms with Crippen LogP contribution in [0.2, 0.25) is 0 Å². The second-order valence-corrected chi connectivity index (χ2v) is 6.02. The summed E-state index contributed by atoms with van der Waals surface area (Å²) in [6.07, 6.45) is 5.58. The van der Waals surface area contributed by atoms with Crippen molar-refractivity contribution in [3.8, 4) is 0 Å². The zero-order chi connectivity index (χ0) is 12.1. The maximum atomic E-state index is 11.6. The Morgan fingerprint density at radius 2 is 1.69 bits per heavy atom. The lowest BCUT2D eigenvalue weighted by molar-refractivity contribution is -0.122. The lowest BCUT2D eigenvalue weighted by Crippen LogP contribution is -2.38. The van der Waals surface area contributed by atoms with Crippen LogP contribution in [0.25, 0.3) is 0 Å². The molecule has 0 unspecified atom stereocenters. The Kier molecular flexibility index (Phi) is 5.30. The first-order chi connectivity index (χ1) is 7.49. The van der Waals surface area contributed by atoms with Gasteiger partial charge in [-0.05, 0) is 43.4 Å². The maximum Gasteiger partial charge on any atom is 0.220 e. The van der Waals surface area contributed by atoms with Gasteiger partial charge in [0.15, 0.2) is 0 Å². The number of carbonyl (C=O) groups excluding carboxylic acids is 1. The number of rotatable bonds is 4. The van der Waals surface area contributed by atoms with Gasteiger partial charge in [0.2, 0.25) is 5.91 Å². The van der Waals surface area contributed by atoms with E-state index in [1.54, 1.807) is 0 Å². The van der Waals surface area contributed by atoms with Gasteiger partial charge >= 0.3 is 0 Å². The molecular formula is C14H27NO. The fourth-order valence-corrected chi connectivity index (χ4v) is 2.59. The minimum atomic E-state index is 0.239. The Balaban J connectivity index is 2.24. The molecule has 1 aliphatic rings. The minimum absolute atomic E-state index is 0.239. The molecule has 0 saturated heterocycles. The van der Waals surface area contributed by atoms with Crippen molar-refractivity contribution in [3.63, 3.8) is 0 Å². The second kappa shape index (κ2) is 6.27. The van der Waals surface area contributed by atoms with Gasteiger partial charge in [-0.15, -0.1) is 0 Å². The van der Waals surface area contributed by atoms with E-state index >= 15 is 0 Å². The molecule has 1 amide bonds. The van der Waals surface area contributed by atoms with Gasteiger partial charge in [-0.25, -0.2) is 0 Å². The predicted molar refractivity (Wildman–Crippen MR) is 68.2 cm³/mol. The molecule has 1 rings (SSSR count). The van der Waals surface area contributed by atoms with Gasteiger partial charge in [0.05, 0.1) is 0 Å². The van der Waals surface area contributed by atoms with E-state index in [1.165, 1.54) is 25.7 Å². The number of amides is 1. The minimum Gasteiger partial charge on any atom is -0.353 e. The molecule has 2 heteroatoms. The smallest absolute Gasteiger partial charge is 0.220 e. The first kappa shape index (κ1) is 13.5. The Morgan fingerprint density at radius 1 is 1.12 bits per heavy atom. The molecular weight excluding hydrogens is 198 g/mol. The van der Waals surface area contributed by atoms with E-state index in [2.05, 4.69) is 33.0 Å². The van der Waals surface area contributed by atoms with E-state index < -0.39 is 0 Å². The molecule has 0 bridgehead atoms. The molecule has 0 aromatic carbocycles. The van der Waals surface area contributed by atoms with E-state index in [4.69, 9.17) is 0 Å². The van der Waals surface area contributed by atoms with E-state index in [-0.39, 0.29) is 5.91 Å². The third kappa shape index (κ3) is 4.54. The Hall–Kier alpha value is -0.530. The predicted octanol–water partition coefficient (Wildman–Crippen LogP) is 3.36. The zero-order valence-corrected chi connectivity index (χ0v) is 11.3. The monoisotopic (exact) mass is 225 g/mol. The average Bonchev–Trinajstić information content (AvgIpc) is 2.16. The molecule has 1 saturated carbocycles. The third-order valence-corrected chi connectivity index (χ3v) is 3.67. The molecule has 0 aromatic heterocycles. The molecule has 1 aliphatic carbocycles. The van der Waals surface area contributed by atoms with E-state index in [0.717, 1.165) is 11.8 Å². The topological polar surface area (TPSA) is 29.1 Å². The summed E-state index contributed by atoms with van der Waals surface area (Å²) in [5.74, 6) is 2.38. The molecule has 94 valence electrons. The number of hydrogen-bond acceptors (Lipinski definition) is 1. The van der Waals surface area contributed by atoms with Crippen LogP contribution in [0.1, 0.15) is 59.8 Å². The van der Waals surface area contributed by atoms with E-state index in [1.807, 2.05) is 0 Å². The van der Waals surface area contributed by atoms with Crippen molar-refractivity contribution in [2.75, 3.05) is 0 Å². The highest BCUT2D eigenvalue weighted by Gasteiger charge is 2.24. The highest BCUT2D eigenvalue weighted by molar-refractivity contribution is 5.76. The number of nitrogens with one attached hydrogen (secondary N) is 1. The van der Waals surface area contributed by atoms with Gasteiger partial charge in [-0.1, -0.05) is 27.7 Å². The van der Waals surface area contributed by atoms with Crippen LogP contribution in [0.4, 0.5) is 0 Å². The fraction of sp³-hybridized carbons (Fsp3) is 0.929. The molecule has 0 heterocycles. The van der Waals surface area contributed by atoms with Crippen LogP contribution in [-0.4, -0.2) is 11.9 Å². The normalized spacial score (nSPS) is 26.1. The first-order valence-electron chi connectivity index (χ1n) is 6.78. The molecule has 1 N–H and O–H groups in total. The molecule has 1 fully saturated rings. The first-order valence-corrected chi connectivity index (χ1v) is 6.78. The molecule has 0 aromatic rings. The van der Waals surface area contributed by atoms with Crippen molar-refractivity contribution >= 4 is 5.91 Å². The summed E-state index contributed by atoms with van der Waals surface area (Å²) in [5, 5.41) is 3.17. The Morgan fingerprint density at radius 3 is 2.12 bits per heavy atom. The highest BCUT2D eigenvalue weighted by atomic mass is 16.1. The van der Waals surface area contributed by atoms with Crippen LogP contribution in [0.5, 0.6) is 0 Å². The van der Waals surface area contributed by atoms with Gasteiger partial charge in [-0.2, -0.15) is 0 Å². The third-order valence-electron chi connectivity index (χ3n) is 3.67. The summed E-state index contributed by atoms with van der Waals surface area (Å²) in [5.41, 5.74) is 0. The largest absolute Gasteiger partial charge is 0.353 e. The zero-order valence-electron chi connectivity index (χ0n) is 11.3. The van der Waals surface area contributed by atoms with Crippen molar-refractivity contribution < 1.29 is 4.79 Å². The van der Waals surface area contributed by atoms with Gasteiger partial charge < -0.3 is 5.32 Å². The van der Waals surface area contributed by atoms with Crippen LogP contribution >= 0.6 is 0 Å². The van der Waals surface area contributed by atoms with Crippen LogP contribution in [0.15, 0.2) is 0 Å². The van der Waals surface area contributed by atoms with Crippen molar-refractivity contribution in [2.24, 2.45) is 17.8 Å². The summed E-state index contributed by atoms with van der Waals surface area (Å²) in [6.45, 7) is 8.80. The van der Waals surface area contributed by atoms with E-state index in [0.29, 0.717) is 18.4 Å². The quantitative estimate of drug-likeness (QED) is 0.781. The van der Waals surface area contributed by atoms with Gasteiger partial charge in [0.25, 0.3) is 0 Å². The average molecular weight is 225 g/mol. The van der Waals surface area contributed by atoms with Crippen molar-refractivity contribution in [1.29, 1.82) is 0 Å². The number of hydrogen-bond donors (Lipinski definition) is 1. The van der Waals surface area contributed by atoms with Gasteiger partial charge in [0.1, 0.15) is 0 Å². The van der Waals surface area contributed by atoms with Crippen LogP contribution < -0.4 is 5.32 Å². The molecule has 0 spiro atoms. The van der Waals surface area contributed by atoms with Gasteiger partial charge in [0, 0.05) is 12.5 Å². The van der Waals surface area contributed by atoms with E-state index in [9.17, 15) is 4.79 Å². The van der Waals surface area contributed by atoms with Crippen molar-refractivity contribution in [3.05, 3.63) is 0 Å². The lowest BCUT2D eigenvalue weighted by atomic mass is 9.79. The Labute approximate surface area is 100 Å². The van der Waals surface area contributed by atoms with Crippen molar-refractivity contribution in [2.45, 2.75) is 65.8 Å². The number of carbonyl (C=O) groups is 1. The Bertz CT molecular complexity index is 215. The van der Waals surface area contributed by atoms with Crippen LogP contribution in [0, 0.1) is 17.8 Å². The molecule has 16 heavy (non-hydrogen) atoms. The summed E-state index contributed by atoms with van der Waals surface area (Å²) < 4.78 is 0. The summed E-state index contributed by atoms with van der Waals surface area (Å²) in [7, 11) is 0. The molecule has 2 nitrogen and oxygen atoms in total. The SMILES string of the molecule is CC(C)CC(=O)NC1CCC(C(C)C)CC1. The summed E-state index contributed by atoms with van der Waals surface area (Å²) in [6, 6.07) is 0.446. The summed E-state index contributed by atoms with van der Waals surface area (Å²) in [4.78, 5) is 11.6. The summed E-state index contributed by atoms with van der Waals surface area (Å²) >= 11 is 0. The van der Waals surface area contributed by atoms with Crippen molar-refractivity contribution in [1.82, 2.24) is 5.32 Å². The molecule has 0 aliphatic heterocycles. The molecule has 0 radical (unpaired) electrons. The highest BCUT2D eigenvalue weighted by Crippen LogP contribution is 2.29. The second-order valence-electron chi connectivity index (χ2n) is 6.02. The van der Waals surface area contributed by atoms with Gasteiger partial charge in [-0.3, -0.25) is 4.79 Å². The lowest BCUT2D eigenvalue weighted by Gasteiger charge is -2.31. The molecule has 0 atom stereocenters. The standard InChI is InChI=1S/C14H27NO/c1-10(2)9-14(16)15-13-7-5-12(6-8-13)11(3)4/h10-13H,5-9H2,1-4H3,(H,15,16). The van der Waals surface area contributed by atoms with Crippen LogP contribution in [-0.2, 0) is 4.79 Å². The fourth-order valence-electron chi connectivity index (χ4n) is 2.59. The maximum absolute atomic E-state index is 11.6. The van der Waals surface area contributed by atoms with Crippen LogP contribution in [0.3, 0.4) is 0 Å².